The molecular weight excluding hydrogens is 220 g/mol. The number of fused-ring (bicyclic) bond motifs is 5. The van der Waals surface area contributed by atoms with Crippen LogP contribution in [0.3, 0.4) is 0 Å². The number of carbonyl (C=O) groups is 2. The summed E-state index contributed by atoms with van der Waals surface area (Å²) in [7, 11) is 0. The van der Waals surface area contributed by atoms with Crippen molar-refractivity contribution in [3.8, 4) is 11.5 Å². The standard InChI is InChI=1S/C13H12O4/c14-6-16-10-3-4-11(17-7-15)13-9-2-1-8(5-9)12(10)13/h3-4,6-9H,1-2,5H2. The van der Waals surface area contributed by atoms with E-state index in [4.69, 9.17) is 9.47 Å². The monoisotopic (exact) mass is 232 g/mol. The molecular formula is C13H12O4. The number of hydrogen-bond acceptors (Lipinski definition) is 4. The van der Waals surface area contributed by atoms with E-state index in [1.165, 1.54) is 0 Å². The molecule has 2 aliphatic carbocycles. The van der Waals surface area contributed by atoms with Gasteiger partial charge in [-0.15, -0.1) is 0 Å². The molecule has 0 heterocycles. The Labute approximate surface area is 98.5 Å². The summed E-state index contributed by atoms with van der Waals surface area (Å²) in [6.07, 6.45) is 3.32. The van der Waals surface area contributed by atoms with Gasteiger partial charge in [0.05, 0.1) is 0 Å². The van der Waals surface area contributed by atoms with E-state index >= 15 is 0 Å². The van der Waals surface area contributed by atoms with E-state index in [-0.39, 0.29) is 0 Å². The number of ether oxygens (including phenoxy) is 2. The summed E-state index contributed by atoms with van der Waals surface area (Å²) < 4.78 is 10.0. The van der Waals surface area contributed by atoms with Gasteiger partial charge in [0.25, 0.3) is 12.9 Å². The molecule has 2 unspecified atom stereocenters. The summed E-state index contributed by atoms with van der Waals surface area (Å²) >= 11 is 0. The largest absolute Gasteiger partial charge is 0.428 e. The zero-order valence-electron chi connectivity index (χ0n) is 9.22. The molecule has 0 radical (unpaired) electrons. The second-order valence-electron chi connectivity index (χ2n) is 4.52. The minimum absolute atomic E-state index is 0.445. The number of benzene rings is 1. The van der Waals surface area contributed by atoms with Gasteiger partial charge in [-0.1, -0.05) is 0 Å². The zero-order chi connectivity index (χ0) is 11.8. The average Bonchev–Trinajstić information content (AvgIpc) is 2.93. The van der Waals surface area contributed by atoms with E-state index in [2.05, 4.69) is 0 Å². The Morgan fingerprint density at radius 3 is 1.82 bits per heavy atom. The third kappa shape index (κ3) is 1.44. The van der Waals surface area contributed by atoms with Crippen molar-refractivity contribution in [3.63, 3.8) is 0 Å². The van der Waals surface area contributed by atoms with Crippen molar-refractivity contribution >= 4 is 12.9 Å². The molecule has 0 saturated heterocycles. The number of rotatable bonds is 4. The fraction of sp³-hybridized carbons (Fsp3) is 0.385. The van der Waals surface area contributed by atoms with Gasteiger partial charge in [-0.25, -0.2) is 0 Å². The summed E-state index contributed by atoms with van der Waals surface area (Å²) in [5, 5.41) is 0. The molecule has 1 aromatic rings. The van der Waals surface area contributed by atoms with Crippen LogP contribution in [0.5, 0.6) is 11.5 Å². The van der Waals surface area contributed by atoms with Crippen LogP contribution >= 0.6 is 0 Å². The highest BCUT2D eigenvalue weighted by Crippen LogP contribution is 2.58. The smallest absolute Gasteiger partial charge is 0.298 e. The Hall–Kier alpha value is -1.84. The molecule has 2 bridgehead atoms. The lowest BCUT2D eigenvalue weighted by Crippen LogP contribution is -2.05. The lowest BCUT2D eigenvalue weighted by atomic mass is 9.90. The van der Waals surface area contributed by atoms with Gasteiger partial charge >= 0.3 is 0 Å². The second-order valence-corrected chi connectivity index (χ2v) is 4.52. The predicted octanol–water partition coefficient (Wildman–Crippen LogP) is 2.12. The maximum atomic E-state index is 10.5. The van der Waals surface area contributed by atoms with Crippen LogP contribution in [-0.4, -0.2) is 12.9 Å². The van der Waals surface area contributed by atoms with Crippen LogP contribution in [0.15, 0.2) is 12.1 Å². The van der Waals surface area contributed by atoms with Crippen LogP contribution in [0.4, 0.5) is 0 Å². The number of hydrogen-bond donors (Lipinski definition) is 0. The molecule has 3 rings (SSSR count). The van der Waals surface area contributed by atoms with Crippen molar-refractivity contribution in [2.24, 2.45) is 0 Å². The molecule has 17 heavy (non-hydrogen) atoms. The van der Waals surface area contributed by atoms with E-state index < -0.39 is 0 Å². The lowest BCUT2D eigenvalue weighted by Gasteiger charge is -2.19. The van der Waals surface area contributed by atoms with Gasteiger partial charge in [-0.2, -0.15) is 0 Å². The summed E-state index contributed by atoms with van der Waals surface area (Å²) in [6.45, 7) is 0.893. The van der Waals surface area contributed by atoms with Gasteiger partial charge in [-0.3, -0.25) is 9.59 Å². The van der Waals surface area contributed by atoms with Gasteiger partial charge in [0, 0.05) is 11.1 Å². The van der Waals surface area contributed by atoms with E-state index in [1.807, 2.05) is 0 Å². The normalized spacial score (nSPS) is 24.2. The van der Waals surface area contributed by atoms with Crippen molar-refractivity contribution in [2.75, 3.05) is 0 Å². The summed E-state index contributed by atoms with van der Waals surface area (Å²) in [5.74, 6) is 2.11. The van der Waals surface area contributed by atoms with E-state index in [9.17, 15) is 9.59 Å². The molecule has 1 saturated carbocycles. The van der Waals surface area contributed by atoms with E-state index in [0.29, 0.717) is 36.3 Å². The van der Waals surface area contributed by atoms with Gasteiger partial charge in [0.15, 0.2) is 0 Å². The summed E-state index contributed by atoms with van der Waals surface area (Å²) in [6, 6.07) is 3.40. The topological polar surface area (TPSA) is 52.6 Å². The molecule has 2 atom stereocenters. The first kappa shape index (κ1) is 10.3. The van der Waals surface area contributed by atoms with E-state index in [1.54, 1.807) is 12.1 Å². The molecule has 88 valence electrons. The molecule has 1 fully saturated rings. The summed E-state index contributed by atoms with van der Waals surface area (Å²) in [5.41, 5.74) is 2.13. The van der Waals surface area contributed by atoms with Crippen LogP contribution in [-0.2, 0) is 9.59 Å². The highest BCUT2D eigenvalue weighted by Gasteiger charge is 2.41. The first-order valence-corrected chi connectivity index (χ1v) is 5.72. The van der Waals surface area contributed by atoms with Crippen LogP contribution in [0.1, 0.15) is 42.2 Å². The van der Waals surface area contributed by atoms with Crippen LogP contribution in [0.2, 0.25) is 0 Å². The zero-order valence-corrected chi connectivity index (χ0v) is 9.22. The van der Waals surface area contributed by atoms with Crippen molar-refractivity contribution < 1.29 is 19.1 Å². The van der Waals surface area contributed by atoms with Gasteiger partial charge < -0.3 is 9.47 Å². The second kappa shape index (κ2) is 3.87. The van der Waals surface area contributed by atoms with Gasteiger partial charge in [0.2, 0.25) is 0 Å². The molecule has 2 aliphatic rings. The third-order valence-electron chi connectivity index (χ3n) is 3.81. The van der Waals surface area contributed by atoms with Crippen molar-refractivity contribution in [3.05, 3.63) is 23.3 Å². The highest BCUT2D eigenvalue weighted by atomic mass is 16.5. The Bertz CT molecular complexity index is 438. The molecule has 0 aromatic heterocycles. The van der Waals surface area contributed by atoms with Gasteiger partial charge in [-0.05, 0) is 43.2 Å². The quantitative estimate of drug-likeness (QED) is 0.746. The molecule has 0 amide bonds. The molecule has 4 nitrogen and oxygen atoms in total. The lowest BCUT2D eigenvalue weighted by molar-refractivity contribution is -0.121. The SMILES string of the molecule is O=COc1ccc(OC=O)c2c1C1CCC2C1. The van der Waals surface area contributed by atoms with Gasteiger partial charge in [0.1, 0.15) is 11.5 Å². The fourth-order valence-corrected chi connectivity index (χ4v) is 3.25. The Morgan fingerprint density at radius 2 is 1.41 bits per heavy atom. The van der Waals surface area contributed by atoms with Crippen molar-refractivity contribution in [1.29, 1.82) is 0 Å². The average molecular weight is 232 g/mol. The minimum atomic E-state index is 0.445. The molecule has 4 heteroatoms. The summed E-state index contributed by atoms with van der Waals surface area (Å²) in [4.78, 5) is 21.0. The van der Waals surface area contributed by atoms with Crippen molar-refractivity contribution in [1.82, 2.24) is 0 Å². The Kier molecular flexibility index (Phi) is 2.35. The highest BCUT2D eigenvalue weighted by molar-refractivity contribution is 5.62. The van der Waals surface area contributed by atoms with Crippen LogP contribution < -0.4 is 9.47 Å². The molecule has 0 aliphatic heterocycles. The van der Waals surface area contributed by atoms with Crippen LogP contribution in [0, 0.1) is 0 Å². The Morgan fingerprint density at radius 1 is 0.941 bits per heavy atom. The predicted molar refractivity (Wildman–Crippen MR) is 59.2 cm³/mol. The first-order chi connectivity index (χ1) is 8.35. The molecule has 0 spiro atoms. The number of carbonyl (C=O) groups excluding carboxylic acids is 2. The maximum absolute atomic E-state index is 10.5. The van der Waals surface area contributed by atoms with E-state index in [0.717, 1.165) is 30.4 Å². The fourth-order valence-electron chi connectivity index (χ4n) is 3.25. The minimum Gasteiger partial charge on any atom is -0.428 e. The maximum Gasteiger partial charge on any atom is 0.298 e. The third-order valence-corrected chi connectivity index (χ3v) is 3.81. The molecule has 0 N–H and O–H groups in total. The van der Waals surface area contributed by atoms with Crippen LogP contribution in [0.25, 0.3) is 0 Å². The van der Waals surface area contributed by atoms with Crippen molar-refractivity contribution in [2.45, 2.75) is 31.1 Å². The first-order valence-electron chi connectivity index (χ1n) is 5.72. The Balaban J connectivity index is 2.13. The molecule has 1 aromatic carbocycles.